The zero-order chi connectivity index (χ0) is 34.9. The van der Waals surface area contributed by atoms with Gasteiger partial charge >= 0.3 is 0 Å². The predicted octanol–water partition coefficient (Wildman–Crippen LogP) is 8.21. The van der Waals surface area contributed by atoms with E-state index in [0.29, 0.717) is 0 Å². The summed E-state index contributed by atoms with van der Waals surface area (Å²) in [6, 6.07) is 29.9. The lowest BCUT2D eigenvalue weighted by Gasteiger charge is -2.41. The van der Waals surface area contributed by atoms with Crippen LogP contribution in [0.25, 0.3) is 0 Å². The van der Waals surface area contributed by atoms with Crippen LogP contribution in [0.15, 0.2) is 159 Å². The fourth-order valence-corrected chi connectivity index (χ4v) is 9.58. The molecule has 2 N–H and O–H groups in total. The lowest BCUT2D eigenvalue weighted by atomic mass is 9.67. The zero-order valence-electron chi connectivity index (χ0n) is 28.8. The number of aromatic nitrogens is 2. The number of amidine groups is 2. The summed E-state index contributed by atoms with van der Waals surface area (Å²) in [5.41, 5.74) is 6.90. The molecule has 2 aromatic carbocycles. The van der Waals surface area contributed by atoms with Crippen LogP contribution in [0, 0.1) is 17.2 Å². The summed E-state index contributed by atoms with van der Waals surface area (Å²) >= 11 is 1.80. The van der Waals surface area contributed by atoms with Crippen LogP contribution in [0.2, 0.25) is 0 Å². The van der Waals surface area contributed by atoms with Crippen molar-refractivity contribution in [2.75, 3.05) is 0 Å². The molecule has 4 aromatic rings. The Morgan fingerprint density at radius 2 is 1.56 bits per heavy atom. The minimum Gasteiger partial charge on any atom is -0.328 e. The first kappa shape index (κ1) is 32.5. The zero-order valence-corrected chi connectivity index (χ0v) is 29.6. The lowest BCUT2D eigenvalue weighted by Crippen LogP contribution is -2.44. The van der Waals surface area contributed by atoms with Gasteiger partial charge in [-0.25, -0.2) is 9.98 Å². The number of hydrogen-bond donors (Lipinski definition) is 2. The number of nitrogens with one attached hydrogen (secondary N) is 2. The molecule has 0 fully saturated rings. The number of benzene rings is 2. The van der Waals surface area contributed by atoms with Gasteiger partial charge in [-0.2, -0.15) is 5.26 Å². The van der Waals surface area contributed by atoms with Crippen LogP contribution in [-0.2, 0) is 5.41 Å². The minimum absolute atomic E-state index is 0.175. The van der Waals surface area contributed by atoms with Gasteiger partial charge in [0.25, 0.3) is 0 Å². The summed E-state index contributed by atoms with van der Waals surface area (Å²) in [5.74, 6) is 2.00. The highest BCUT2D eigenvalue weighted by atomic mass is 32.2. The van der Waals surface area contributed by atoms with Crippen molar-refractivity contribution >= 4 is 23.4 Å². The second kappa shape index (κ2) is 14.0. The van der Waals surface area contributed by atoms with Crippen LogP contribution in [0.3, 0.4) is 0 Å². The molecule has 5 aliphatic rings. The third kappa shape index (κ3) is 5.75. The second-order valence-corrected chi connectivity index (χ2v) is 15.0. The normalized spacial score (nSPS) is 24.5. The predicted molar refractivity (Wildman–Crippen MR) is 207 cm³/mol. The number of nitriles is 1. The smallest absolute Gasteiger partial charge is 0.165 e. The number of fused-ring (bicyclic) bond motifs is 2. The van der Waals surface area contributed by atoms with Gasteiger partial charge in [0.2, 0.25) is 0 Å². The Morgan fingerprint density at radius 1 is 0.788 bits per heavy atom. The topological polar surface area (TPSA) is 98.3 Å². The molecular formula is C44H39N7S. The Bertz CT molecular complexity index is 2190. The largest absolute Gasteiger partial charge is 0.328 e. The molecule has 4 unspecified atom stereocenters. The fraction of sp³-hybridized carbons (Fsp3) is 0.250. The van der Waals surface area contributed by atoms with Crippen LogP contribution in [-0.4, -0.2) is 39.9 Å². The van der Waals surface area contributed by atoms with Crippen molar-refractivity contribution in [2.24, 2.45) is 15.9 Å². The van der Waals surface area contributed by atoms with Gasteiger partial charge in [-0.05, 0) is 91.6 Å². The van der Waals surface area contributed by atoms with Gasteiger partial charge in [-0.15, -0.1) is 0 Å². The van der Waals surface area contributed by atoms with Crippen molar-refractivity contribution in [3.63, 3.8) is 0 Å². The van der Waals surface area contributed by atoms with Gasteiger partial charge in [0.1, 0.15) is 23.1 Å². The summed E-state index contributed by atoms with van der Waals surface area (Å²) in [7, 11) is 0. The summed E-state index contributed by atoms with van der Waals surface area (Å²) < 4.78 is 0. The molecule has 0 radical (unpaired) electrons. The molecule has 8 heteroatoms. The van der Waals surface area contributed by atoms with E-state index in [0.717, 1.165) is 83.2 Å². The van der Waals surface area contributed by atoms with E-state index in [1.165, 1.54) is 16.0 Å². The van der Waals surface area contributed by atoms with E-state index in [1.807, 2.05) is 30.6 Å². The third-order valence-corrected chi connectivity index (χ3v) is 12.0. The Kier molecular flexibility index (Phi) is 8.75. The molecule has 52 heavy (non-hydrogen) atoms. The van der Waals surface area contributed by atoms with E-state index in [1.54, 1.807) is 11.8 Å². The van der Waals surface area contributed by atoms with E-state index in [2.05, 4.69) is 114 Å². The fourth-order valence-electron chi connectivity index (χ4n) is 8.36. The van der Waals surface area contributed by atoms with Gasteiger partial charge in [0.05, 0.1) is 17.5 Å². The van der Waals surface area contributed by atoms with E-state index in [-0.39, 0.29) is 24.2 Å². The molecule has 256 valence electrons. The molecule has 7 nitrogen and oxygen atoms in total. The Morgan fingerprint density at radius 3 is 2.29 bits per heavy atom. The summed E-state index contributed by atoms with van der Waals surface area (Å²) in [4.78, 5) is 23.3. The van der Waals surface area contributed by atoms with E-state index < -0.39 is 5.41 Å². The number of aliphatic imine (C=N–C) groups is 2. The molecule has 2 aromatic heterocycles. The van der Waals surface area contributed by atoms with Crippen LogP contribution >= 0.6 is 11.8 Å². The molecule has 0 saturated heterocycles. The maximum Gasteiger partial charge on any atom is 0.165 e. The van der Waals surface area contributed by atoms with Gasteiger partial charge in [-0.3, -0.25) is 15.3 Å². The number of hydrogen-bond acceptors (Lipinski definition) is 8. The second-order valence-electron chi connectivity index (χ2n) is 13.9. The van der Waals surface area contributed by atoms with E-state index in [4.69, 9.17) is 20.0 Å². The molecule has 9 rings (SSSR count). The quantitative estimate of drug-likeness (QED) is 0.174. The van der Waals surface area contributed by atoms with Crippen molar-refractivity contribution in [3.8, 4) is 6.07 Å². The molecule has 0 spiro atoms. The van der Waals surface area contributed by atoms with Crippen LogP contribution in [0.5, 0.6) is 0 Å². The van der Waals surface area contributed by atoms with Crippen LogP contribution in [0.1, 0.15) is 66.6 Å². The summed E-state index contributed by atoms with van der Waals surface area (Å²) in [6.45, 7) is 0. The third-order valence-electron chi connectivity index (χ3n) is 10.8. The van der Waals surface area contributed by atoms with Gasteiger partial charge in [-0.1, -0.05) is 96.3 Å². The first-order valence-electron chi connectivity index (χ1n) is 18.3. The summed E-state index contributed by atoms with van der Waals surface area (Å²) in [5, 5.41) is 16.8. The molecule has 5 heterocycles. The average molecular weight is 698 g/mol. The summed E-state index contributed by atoms with van der Waals surface area (Å²) in [6.07, 6.45) is 22.5. The molecular weight excluding hydrogens is 659 g/mol. The molecule has 0 amide bonds. The molecule has 3 aliphatic heterocycles. The van der Waals surface area contributed by atoms with Crippen molar-refractivity contribution in [3.05, 3.63) is 167 Å². The molecule has 2 aliphatic carbocycles. The average Bonchev–Trinajstić information content (AvgIpc) is 3.23. The number of allylic oxidation sites excluding steroid dienone is 3. The first-order chi connectivity index (χ1) is 25.7. The SMILES string of the molecule is N#CC1C=CCC(C2=CC=C(C3N=C(c4cccc5c4C(c4ccccn4)(c4ccccn4)c4ccccc4S5)NC(C4C=CCCC4)=N3)CC2)N1. The van der Waals surface area contributed by atoms with Gasteiger partial charge in [0, 0.05) is 39.7 Å². The highest BCUT2D eigenvalue weighted by molar-refractivity contribution is 7.99. The van der Waals surface area contributed by atoms with Crippen LogP contribution < -0.4 is 10.6 Å². The molecule has 0 bridgehead atoms. The molecule has 4 atom stereocenters. The van der Waals surface area contributed by atoms with E-state index in [9.17, 15) is 5.26 Å². The maximum atomic E-state index is 9.51. The number of nitrogens with zero attached hydrogens (tertiary/aromatic N) is 5. The Labute approximate surface area is 309 Å². The standard InChI is InChI=1S/C44H39N7S/c45-28-32-14-10-17-35(48-32)29-22-24-31(25-23-29)42-49-41(30-12-2-1-3-13-30)50-43(51-42)33-15-11-19-37-40(33)44(38-20-6-8-26-46-38,39-21-7-9-27-47-39)34-16-4-5-18-36(34)52-37/h2,4-12,14-16,18-22,24,26-27,30,32,35,42,48H,1,3,13,17,23,25H2,(H,49,50,51). The van der Waals surface area contributed by atoms with Crippen molar-refractivity contribution in [1.82, 2.24) is 20.6 Å². The van der Waals surface area contributed by atoms with Gasteiger partial charge < -0.3 is 5.32 Å². The van der Waals surface area contributed by atoms with E-state index >= 15 is 0 Å². The monoisotopic (exact) mass is 697 g/mol. The minimum atomic E-state index is -0.792. The Hall–Kier alpha value is -5.36. The Balaban J connectivity index is 1.21. The van der Waals surface area contributed by atoms with Crippen molar-refractivity contribution in [1.29, 1.82) is 5.26 Å². The first-order valence-corrected chi connectivity index (χ1v) is 19.1. The number of pyridine rings is 2. The lowest BCUT2D eigenvalue weighted by molar-refractivity contribution is 0.527. The molecule has 0 saturated carbocycles. The highest BCUT2D eigenvalue weighted by Crippen LogP contribution is 2.56. The van der Waals surface area contributed by atoms with Crippen molar-refractivity contribution in [2.45, 2.75) is 72.0 Å². The highest BCUT2D eigenvalue weighted by Gasteiger charge is 2.48. The van der Waals surface area contributed by atoms with Crippen molar-refractivity contribution < 1.29 is 0 Å². The van der Waals surface area contributed by atoms with Crippen LogP contribution in [0.4, 0.5) is 0 Å². The maximum absolute atomic E-state index is 9.51. The van der Waals surface area contributed by atoms with Gasteiger partial charge in [0.15, 0.2) is 6.17 Å². The number of rotatable bonds is 6.